The van der Waals surface area contributed by atoms with E-state index in [0.717, 1.165) is 44.3 Å². The maximum Gasteiger partial charge on any atom is 0.338 e. The van der Waals surface area contributed by atoms with Crippen molar-refractivity contribution < 1.29 is 47.9 Å². The lowest BCUT2D eigenvalue weighted by Crippen LogP contribution is -2.52. The van der Waals surface area contributed by atoms with Gasteiger partial charge in [-0.1, -0.05) is 23.2 Å². The number of nitrogens with one attached hydrogen (secondary N) is 1. The molecule has 14 heteroatoms. The average Bonchev–Trinajstić information content (AvgIpc) is 3.55. The van der Waals surface area contributed by atoms with Gasteiger partial charge in [-0.3, -0.25) is 14.5 Å². The summed E-state index contributed by atoms with van der Waals surface area (Å²) in [6.07, 6.45) is 2.04. The Balaban J connectivity index is 0.00000245. The molecule has 3 aliphatic rings. The molecule has 288 valence electrons. The molecule has 1 aliphatic carbocycles. The van der Waals surface area contributed by atoms with Gasteiger partial charge >= 0.3 is 17.9 Å². The second-order valence-electron chi connectivity index (χ2n) is 13.6. The summed E-state index contributed by atoms with van der Waals surface area (Å²) in [5, 5.41) is 8.99. The molecular weight excluding hydrogens is 739 g/mol. The first-order valence-corrected chi connectivity index (χ1v) is 18.4. The molecule has 3 unspecified atom stereocenters. The number of nitrogens with zero attached hydrogens (tertiary/aromatic N) is 1. The number of aromatic nitrogens is 1. The Bertz CT molecular complexity index is 1990. The van der Waals surface area contributed by atoms with E-state index in [9.17, 15) is 14.4 Å². The number of aromatic amines is 1. The third kappa shape index (κ3) is 7.98. The second-order valence-corrected chi connectivity index (χ2v) is 14.5. The number of aliphatic hydroxyl groups excluding tert-OH is 1. The molecule has 0 spiro atoms. The van der Waals surface area contributed by atoms with E-state index in [-0.39, 0.29) is 53.1 Å². The number of hydrogen-bond acceptors (Lipinski definition) is 11. The van der Waals surface area contributed by atoms with Crippen LogP contribution in [0.25, 0.3) is 10.9 Å². The van der Waals surface area contributed by atoms with Gasteiger partial charge in [-0.05, 0) is 91.1 Å². The van der Waals surface area contributed by atoms with Gasteiger partial charge in [0.15, 0.2) is 11.5 Å². The van der Waals surface area contributed by atoms with Crippen molar-refractivity contribution in [3.63, 3.8) is 0 Å². The van der Waals surface area contributed by atoms with Gasteiger partial charge in [0.2, 0.25) is 5.75 Å². The Morgan fingerprint density at radius 3 is 2.24 bits per heavy atom. The van der Waals surface area contributed by atoms with E-state index in [1.54, 1.807) is 25.3 Å². The lowest BCUT2D eigenvalue weighted by molar-refractivity contribution is -0.155. The number of piperidine rings is 1. The molecule has 2 N–H and O–H groups in total. The Morgan fingerprint density at radius 1 is 0.889 bits per heavy atom. The number of H-pyrrole nitrogens is 1. The van der Waals surface area contributed by atoms with E-state index in [0.29, 0.717) is 28.5 Å². The molecule has 2 aliphatic heterocycles. The summed E-state index contributed by atoms with van der Waals surface area (Å²) >= 11 is 12.2. The monoisotopic (exact) mass is 782 g/mol. The summed E-state index contributed by atoms with van der Waals surface area (Å²) in [6, 6.07) is 14.0. The van der Waals surface area contributed by atoms with E-state index in [4.69, 9.17) is 56.7 Å². The third-order valence-corrected chi connectivity index (χ3v) is 11.1. The van der Waals surface area contributed by atoms with Gasteiger partial charge in [-0.25, -0.2) is 4.79 Å². The van der Waals surface area contributed by atoms with Crippen molar-refractivity contribution in [2.45, 2.75) is 44.2 Å². The van der Waals surface area contributed by atoms with E-state index < -0.39 is 24.0 Å². The Labute approximate surface area is 323 Å². The van der Waals surface area contributed by atoms with Gasteiger partial charge in [0, 0.05) is 52.9 Å². The van der Waals surface area contributed by atoms with Crippen molar-refractivity contribution in [2.75, 3.05) is 48.6 Å². The van der Waals surface area contributed by atoms with E-state index >= 15 is 0 Å². The number of halogens is 2. The maximum atomic E-state index is 13.7. The Morgan fingerprint density at radius 2 is 1.59 bits per heavy atom. The zero-order valence-electron chi connectivity index (χ0n) is 30.8. The van der Waals surface area contributed by atoms with Gasteiger partial charge in [-0.15, -0.1) is 0 Å². The highest BCUT2D eigenvalue weighted by molar-refractivity contribution is 6.34. The largest absolute Gasteiger partial charge is 0.497 e. The van der Waals surface area contributed by atoms with Crippen molar-refractivity contribution in [3.05, 3.63) is 81.0 Å². The number of aliphatic hydroxyl groups is 1. The van der Waals surface area contributed by atoms with E-state index in [1.165, 1.54) is 50.1 Å². The molecule has 2 fully saturated rings. The molecule has 1 saturated carbocycles. The fraction of sp³-hybridized carbons (Fsp3) is 0.425. The van der Waals surface area contributed by atoms with Crippen LogP contribution in [0, 0.1) is 17.8 Å². The Kier molecular flexibility index (Phi) is 12.3. The van der Waals surface area contributed by atoms with Crippen LogP contribution >= 0.6 is 23.2 Å². The first kappa shape index (κ1) is 39.2. The molecule has 3 aromatic carbocycles. The smallest absolute Gasteiger partial charge is 0.338 e. The zero-order valence-corrected chi connectivity index (χ0v) is 32.3. The normalized spacial score (nSPS) is 21.7. The predicted octanol–water partition coefficient (Wildman–Crippen LogP) is 6.60. The lowest BCUT2D eigenvalue weighted by atomic mass is 9.65. The molecular formula is C40H44Cl2N2O10. The van der Waals surface area contributed by atoms with Gasteiger partial charge in [0.1, 0.15) is 11.9 Å². The predicted molar refractivity (Wildman–Crippen MR) is 202 cm³/mol. The molecule has 0 amide bonds. The number of ether oxygens (including phenoxy) is 6. The summed E-state index contributed by atoms with van der Waals surface area (Å²) in [6.45, 7) is 1.68. The summed E-state index contributed by atoms with van der Waals surface area (Å²) in [5.41, 5.74) is 4.30. The molecule has 3 heterocycles. The van der Waals surface area contributed by atoms with Crippen LogP contribution in [0.5, 0.6) is 23.0 Å². The van der Waals surface area contributed by atoms with Crippen LogP contribution in [0.4, 0.5) is 0 Å². The van der Waals surface area contributed by atoms with Crippen molar-refractivity contribution in [3.8, 4) is 23.0 Å². The van der Waals surface area contributed by atoms with Crippen LogP contribution in [0.3, 0.4) is 0 Å². The van der Waals surface area contributed by atoms with Gasteiger partial charge in [-0.2, -0.15) is 0 Å². The summed E-state index contributed by atoms with van der Waals surface area (Å²) in [7, 11) is 6.86. The van der Waals surface area contributed by atoms with Crippen molar-refractivity contribution >= 4 is 52.0 Å². The minimum atomic E-state index is -0.611. The van der Waals surface area contributed by atoms with E-state index in [1.807, 2.05) is 12.1 Å². The topological polar surface area (TPSA) is 146 Å². The number of esters is 3. The number of fused-ring (bicyclic) bond motifs is 6. The van der Waals surface area contributed by atoms with Crippen LogP contribution in [-0.2, 0) is 31.9 Å². The summed E-state index contributed by atoms with van der Waals surface area (Å²) < 4.78 is 33.5. The summed E-state index contributed by atoms with van der Waals surface area (Å²) in [4.78, 5) is 46.1. The van der Waals surface area contributed by atoms with Crippen LogP contribution in [0.1, 0.15) is 52.5 Å². The quantitative estimate of drug-likeness (QED) is 0.140. The first-order valence-electron chi connectivity index (χ1n) is 17.7. The molecule has 54 heavy (non-hydrogen) atoms. The number of carbonyl (C=O) groups is 3. The summed E-state index contributed by atoms with van der Waals surface area (Å²) in [5.74, 6) is -0.726. The number of hydrogen-bond donors (Lipinski definition) is 2. The standard InChI is InChI=1S/C39H40Cl2N2O9.CH4O/c1-47-25-5-6-27-28-7-8-43-19-22-12-26(16-30(39(46)50-4)29(22)18-32(43)36(28)42-31(27)17-25)51-38(45)21-13-33(48-2)37(34(14-21)49-3)52-35(44)11-20-9-23(40)15-24(41)10-20;1-2/h5-6,9-10,13-15,17,22,26,29-30,32,42H,7-8,11-12,16,18-19H2,1-4H3;2H,1H3/t22-,26?,29+,30?,32?;/m1./s1. The van der Waals surface area contributed by atoms with Crippen LogP contribution in [-0.4, -0.2) is 87.6 Å². The highest BCUT2D eigenvalue weighted by Crippen LogP contribution is 2.50. The van der Waals surface area contributed by atoms with Crippen molar-refractivity contribution in [2.24, 2.45) is 17.8 Å². The van der Waals surface area contributed by atoms with Crippen molar-refractivity contribution in [1.29, 1.82) is 0 Å². The fourth-order valence-corrected chi connectivity index (χ4v) is 8.97. The average molecular weight is 784 g/mol. The number of benzene rings is 3. The molecule has 5 atom stereocenters. The highest BCUT2D eigenvalue weighted by atomic mass is 35.5. The molecule has 4 aromatic rings. The van der Waals surface area contributed by atoms with Gasteiger partial charge < -0.3 is 38.5 Å². The SMILES string of the molecule is CO.COC(=O)C1CC(OC(=O)c2cc(OC)c(OC(=O)Cc3cc(Cl)cc(Cl)c3)c(OC)c2)C[C@@H]2CN3CCc4c([nH]c5cc(OC)ccc45)C3C[C@H]12. The van der Waals surface area contributed by atoms with Gasteiger partial charge in [0.05, 0.1) is 52.4 Å². The highest BCUT2D eigenvalue weighted by Gasteiger charge is 2.49. The first-order chi connectivity index (χ1) is 26.1. The van der Waals surface area contributed by atoms with Gasteiger partial charge in [0.25, 0.3) is 0 Å². The fourth-order valence-electron chi connectivity index (χ4n) is 8.40. The minimum absolute atomic E-state index is 0.0153. The van der Waals surface area contributed by atoms with Crippen LogP contribution in [0.2, 0.25) is 10.0 Å². The molecule has 1 saturated heterocycles. The minimum Gasteiger partial charge on any atom is -0.497 e. The number of methoxy groups -OCH3 is 4. The van der Waals surface area contributed by atoms with Crippen molar-refractivity contribution in [1.82, 2.24) is 9.88 Å². The van der Waals surface area contributed by atoms with Crippen LogP contribution in [0.15, 0.2) is 48.5 Å². The molecule has 7 rings (SSSR count). The zero-order chi connectivity index (χ0) is 38.7. The lowest BCUT2D eigenvalue weighted by Gasteiger charge is -2.51. The number of carbonyl (C=O) groups excluding carboxylic acids is 3. The Hall–Kier alpha value is -4.49. The van der Waals surface area contributed by atoms with E-state index in [2.05, 4.69) is 16.0 Å². The number of rotatable bonds is 9. The molecule has 12 nitrogen and oxygen atoms in total. The second kappa shape index (κ2) is 16.9. The molecule has 0 radical (unpaired) electrons. The maximum absolute atomic E-state index is 13.7. The third-order valence-electron chi connectivity index (χ3n) is 10.7. The molecule has 1 aromatic heterocycles. The van der Waals surface area contributed by atoms with Crippen LogP contribution < -0.4 is 18.9 Å². The molecule has 0 bridgehead atoms.